The van der Waals surface area contributed by atoms with Gasteiger partial charge in [-0.15, -0.1) is 0 Å². The molecule has 1 unspecified atom stereocenters. The number of benzene rings is 1. The molecule has 0 amide bonds. The van der Waals surface area contributed by atoms with Gasteiger partial charge in [0.05, 0.1) is 6.04 Å². The molecular weight excluding hydrogens is 258 g/mol. The predicted octanol–water partition coefficient (Wildman–Crippen LogP) is 3.41. The van der Waals surface area contributed by atoms with Gasteiger partial charge in [-0.25, -0.2) is 0 Å². The Morgan fingerprint density at radius 1 is 1.37 bits per heavy atom. The number of anilines is 1. The minimum absolute atomic E-state index is 0.0207. The first-order valence-corrected chi connectivity index (χ1v) is 6.78. The van der Waals surface area contributed by atoms with Crippen LogP contribution in [-0.2, 0) is 0 Å². The molecule has 0 aliphatic carbocycles. The summed E-state index contributed by atoms with van der Waals surface area (Å²) in [5.74, 6) is 0. The number of rotatable bonds is 5. The van der Waals surface area contributed by atoms with Crippen molar-refractivity contribution >= 4 is 17.3 Å². The van der Waals surface area contributed by atoms with Gasteiger partial charge in [0, 0.05) is 28.7 Å². The zero-order valence-corrected chi connectivity index (χ0v) is 11.7. The summed E-state index contributed by atoms with van der Waals surface area (Å²) < 4.78 is 0. The Morgan fingerprint density at radius 3 is 2.89 bits per heavy atom. The number of halogens is 1. The lowest BCUT2D eigenvalue weighted by atomic mass is 9.99. The molecule has 1 atom stereocenters. The topological polar surface area (TPSA) is 50.9 Å². The molecule has 100 valence electrons. The van der Waals surface area contributed by atoms with Crippen molar-refractivity contribution in [3.05, 3.63) is 58.9 Å². The molecule has 0 bridgehead atoms. The molecule has 1 aromatic heterocycles. The summed E-state index contributed by atoms with van der Waals surface area (Å²) in [7, 11) is 0. The summed E-state index contributed by atoms with van der Waals surface area (Å²) >= 11 is 6.08. The Bertz CT molecular complexity index is 542. The minimum atomic E-state index is 0.0207. The number of nitrogens with zero attached hydrogens (tertiary/aromatic N) is 1. The van der Waals surface area contributed by atoms with E-state index in [1.165, 1.54) is 0 Å². The highest BCUT2D eigenvalue weighted by Crippen LogP contribution is 2.27. The van der Waals surface area contributed by atoms with Crippen LogP contribution in [0.5, 0.6) is 0 Å². The van der Waals surface area contributed by atoms with Crippen molar-refractivity contribution in [2.45, 2.75) is 19.4 Å². The highest BCUT2D eigenvalue weighted by atomic mass is 35.5. The van der Waals surface area contributed by atoms with Crippen molar-refractivity contribution < 1.29 is 0 Å². The summed E-state index contributed by atoms with van der Waals surface area (Å²) in [5.41, 5.74) is 8.88. The number of hydrogen-bond acceptors (Lipinski definition) is 3. The third-order valence-electron chi connectivity index (χ3n) is 2.98. The average Bonchev–Trinajstić information content (AvgIpc) is 2.41. The first kappa shape index (κ1) is 13.8. The molecule has 1 heterocycles. The highest BCUT2D eigenvalue weighted by Gasteiger charge is 2.16. The van der Waals surface area contributed by atoms with Gasteiger partial charge in [-0.05, 0) is 36.7 Å². The lowest BCUT2D eigenvalue weighted by Gasteiger charge is -2.21. The van der Waals surface area contributed by atoms with Crippen LogP contribution in [0.15, 0.2) is 42.7 Å². The van der Waals surface area contributed by atoms with E-state index in [2.05, 4.69) is 17.2 Å². The van der Waals surface area contributed by atoms with Crippen LogP contribution in [0, 0.1) is 0 Å². The Hall–Kier alpha value is -1.58. The zero-order chi connectivity index (χ0) is 13.7. The van der Waals surface area contributed by atoms with Gasteiger partial charge in [-0.1, -0.05) is 30.7 Å². The maximum atomic E-state index is 6.08. The fourth-order valence-corrected chi connectivity index (χ4v) is 2.24. The second-order valence-electron chi connectivity index (χ2n) is 4.45. The van der Waals surface area contributed by atoms with E-state index in [-0.39, 0.29) is 6.04 Å². The molecule has 3 N–H and O–H groups in total. The van der Waals surface area contributed by atoms with Gasteiger partial charge in [-0.3, -0.25) is 4.98 Å². The molecule has 2 rings (SSSR count). The Kier molecular flexibility index (Phi) is 4.77. The van der Waals surface area contributed by atoms with Crippen LogP contribution in [0.2, 0.25) is 5.02 Å². The molecule has 0 fully saturated rings. The van der Waals surface area contributed by atoms with Crippen LogP contribution in [0.1, 0.15) is 30.5 Å². The second kappa shape index (κ2) is 6.55. The monoisotopic (exact) mass is 275 g/mol. The standard InChI is InChI=1S/C15H18ClN3/c1-2-7-19-15(11-4-3-5-12(16)9-11)13-10-18-8-6-14(13)17/h3-6,8-10,15,19H,2,7H2,1H3,(H2,17,18). The quantitative estimate of drug-likeness (QED) is 0.879. The first-order valence-electron chi connectivity index (χ1n) is 6.40. The third-order valence-corrected chi connectivity index (χ3v) is 3.21. The molecule has 0 radical (unpaired) electrons. The zero-order valence-electron chi connectivity index (χ0n) is 10.9. The minimum Gasteiger partial charge on any atom is -0.398 e. The fourth-order valence-electron chi connectivity index (χ4n) is 2.04. The van der Waals surface area contributed by atoms with Gasteiger partial charge in [0.15, 0.2) is 0 Å². The number of pyridine rings is 1. The van der Waals surface area contributed by atoms with Crippen LogP contribution < -0.4 is 11.1 Å². The summed E-state index contributed by atoms with van der Waals surface area (Å²) in [6, 6.07) is 9.67. The molecule has 3 nitrogen and oxygen atoms in total. The summed E-state index contributed by atoms with van der Waals surface area (Å²) in [6.07, 6.45) is 4.56. The summed E-state index contributed by atoms with van der Waals surface area (Å²) in [6.45, 7) is 3.04. The Labute approximate surface area is 118 Å². The second-order valence-corrected chi connectivity index (χ2v) is 4.88. The van der Waals surface area contributed by atoms with Gasteiger partial charge in [0.2, 0.25) is 0 Å². The van der Waals surface area contributed by atoms with Crippen LogP contribution >= 0.6 is 11.6 Å². The van der Waals surface area contributed by atoms with Gasteiger partial charge in [0.25, 0.3) is 0 Å². The number of nitrogens with one attached hydrogen (secondary N) is 1. The highest BCUT2D eigenvalue weighted by molar-refractivity contribution is 6.30. The Morgan fingerprint density at radius 2 is 2.21 bits per heavy atom. The lowest BCUT2D eigenvalue weighted by Crippen LogP contribution is -2.24. The van der Waals surface area contributed by atoms with Crippen molar-refractivity contribution in [2.24, 2.45) is 0 Å². The molecule has 0 spiro atoms. The number of nitrogen functional groups attached to an aromatic ring is 1. The lowest BCUT2D eigenvalue weighted by molar-refractivity contribution is 0.598. The number of hydrogen-bond donors (Lipinski definition) is 2. The normalized spacial score (nSPS) is 12.3. The SMILES string of the molecule is CCCNC(c1cccc(Cl)c1)c1cnccc1N. The maximum Gasteiger partial charge on any atom is 0.0613 e. The van der Waals surface area contributed by atoms with Gasteiger partial charge < -0.3 is 11.1 Å². The molecule has 2 aromatic rings. The molecule has 0 saturated heterocycles. The average molecular weight is 276 g/mol. The van der Waals surface area contributed by atoms with Gasteiger partial charge >= 0.3 is 0 Å². The molecule has 0 saturated carbocycles. The van der Waals surface area contributed by atoms with Crippen molar-refractivity contribution in [3.63, 3.8) is 0 Å². The van der Waals surface area contributed by atoms with Gasteiger partial charge in [-0.2, -0.15) is 0 Å². The Balaban J connectivity index is 2.38. The number of aromatic nitrogens is 1. The smallest absolute Gasteiger partial charge is 0.0613 e. The molecule has 1 aromatic carbocycles. The van der Waals surface area contributed by atoms with Gasteiger partial charge in [0.1, 0.15) is 0 Å². The molecule has 19 heavy (non-hydrogen) atoms. The molecule has 0 aliphatic heterocycles. The van der Waals surface area contributed by atoms with E-state index in [1.807, 2.05) is 36.5 Å². The van der Waals surface area contributed by atoms with E-state index in [0.29, 0.717) is 0 Å². The van der Waals surface area contributed by atoms with Crippen LogP contribution in [0.25, 0.3) is 0 Å². The predicted molar refractivity (Wildman–Crippen MR) is 80.2 cm³/mol. The third kappa shape index (κ3) is 3.46. The van der Waals surface area contributed by atoms with E-state index in [4.69, 9.17) is 17.3 Å². The summed E-state index contributed by atoms with van der Waals surface area (Å²) in [5, 5.41) is 4.22. The molecule has 0 aliphatic rings. The molecule has 4 heteroatoms. The largest absolute Gasteiger partial charge is 0.398 e. The van der Waals surface area contributed by atoms with E-state index >= 15 is 0 Å². The summed E-state index contributed by atoms with van der Waals surface area (Å²) in [4.78, 5) is 4.17. The van der Waals surface area contributed by atoms with Crippen molar-refractivity contribution in [3.8, 4) is 0 Å². The van der Waals surface area contributed by atoms with Crippen LogP contribution in [0.4, 0.5) is 5.69 Å². The fraction of sp³-hybridized carbons (Fsp3) is 0.267. The van der Waals surface area contributed by atoms with Crippen molar-refractivity contribution in [1.29, 1.82) is 0 Å². The first-order chi connectivity index (χ1) is 9.22. The van der Waals surface area contributed by atoms with Crippen molar-refractivity contribution in [1.82, 2.24) is 10.3 Å². The van der Waals surface area contributed by atoms with E-state index in [1.54, 1.807) is 6.20 Å². The van der Waals surface area contributed by atoms with E-state index < -0.39 is 0 Å². The van der Waals surface area contributed by atoms with Crippen LogP contribution in [0.3, 0.4) is 0 Å². The molecular formula is C15H18ClN3. The number of nitrogens with two attached hydrogens (primary N) is 1. The van der Waals surface area contributed by atoms with E-state index in [0.717, 1.165) is 34.8 Å². The maximum absolute atomic E-state index is 6.08. The van der Waals surface area contributed by atoms with Crippen LogP contribution in [-0.4, -0.2) is 11.5 Å². The van der Waals surface area contributed by atoms with E-state index in [9.17, 15) is 0 Å². The van der Waals surface area contributed by atoms with Crippen molar-refractivity contribution in [2.75, 3.05) is 12.3 Å².